The summed E-state index contributed by atoms with van der Waals surface area (Å²) >= 11 is 0. The number of amidine groups is 2. The van der Waals surface area contributed by atoms with E-state index in [4.69, 9.17) is 48.8 Å². The normalized spacial score (nSPS) is 12.1. The van der Waals surface area contributed by atoms with Gasteiger partial charge in [0, 0.05) is 54.7 Å². The summed E-state index contributed by atoms with van der Waals surface area (Å²) in [6, 6.07) is 1.07. The van der Waals surface area contributed by atoms with Gasteiger partial charge in [-0.1, -0.05) is 0 Å². The van der Waals surface area contributed by atoms with Crippen LogP contribution in [0.15, 0.2) is 0 Å². The molecule has 176 valence electrons. The lowest BCUT2D eigenvalue weighted by atomic mass is 9.77. The van der Waals surface area contributed by atoms with Gasteiger partial charge in [0.05, 0.1) is 5.41 Å². The van der Waals surface area contributed by atoms with Crippen LogP contribution in [0.25, 0.3) is 0 Å². The summed E-state index contributed by atoms with van der Waals surface area (Å²) in [4.78, 5) is 0. The standard InChI is InChI=1S/C15H36N4O6Si2.2HI/c1-20-26(21-2,22-3)11-7-9-15(13(16)17,14(18)19)10-8-12-27(23-4,24-5)25-6;;/h7-12H2,1-6H3,(H3,16,17)(H3,18,19);2*1H. The van der Waals surface area contributed by atoms with Crippen LogP contribution in [-0.4, -0.2) is 71.9 Å². The molecule has 0 aromatic carbocycles. The second-order valence-corrected chi connectivity index (χ2v) is 12.4. The molecule has 29 heavy (non-hydrogen) atoms. The second-order valence-electron chi connectivity index (χ2n) is 6.21. The van der Waals surface area contributed by atoms with Crippen molar-refractivity contribution in [2.24, 2.45) is 16.9 Å². The maximum absolute atomic E-state index is 8.06. The highest BCUT2D eigenvalue weighted by atomic mass is 127. The largest absolute Gasteiger partial charge is 0.500 e. The van der Waals surface area contributed by atoms with E-state index in [0.29, 0.717) is 37.8 Å². The summed E-state index contributed by atoms with van der Waals surface area (Å²) in [5, 5.41) is 16.1. The highest BCUT2D eigenvalue weighted by molar-refractivity contribution is 14.0. The van der Waals surface area contributed by atoms with Crippen LogP contribution >= 0.6 is 48.0 Å². The molecule has 0 heterocycles. The average molecular weight is 680 g/mol. The molecule has 0 aromatic heterocycles. The number of nitrogens with one attached hydrogen (secondary N) is 2. The first-order valence-corrected chi connectivity index (χ1v) is 12.5. The average Bonchev–Trinajstić information content (AvgIpc) is 2.67. The van der Waals surface area contributed by atoms with Crippen LogP contribution in [0, 0.1) is 16.2 Å². The Kier molecular flexibility index (Phi) is 19.2. The smallest absolute Gasteiger partial charge is 0.387 e. The van der Waals surface area contributed by atoms with Crippen molar-refractivity contribution < 1.29 is 26.6 Å². The number of hydrogen-bond acceptors (Lipinski definition) is 8. The molecule has 0 saturated heterocycles. The van der Waals surface area contributed by atoms with Crippen LogP contribution in [0.1, 0.15) is 25.7 Å². The minimum Gasteiger partial charge on any atom is -0.387 e. The van der Waals surface area contributed by atoms with Crippen molar-refractivity contribution in [3.63, 3.8) is 0 Å². The molecular formula is C15H38I2N4O6Si2. The summed E-state index contributed by atoms with van der Waals surface area (Å²) in [5.41, 5.74) is 10.7. The lowest BCUT2D eigenvalue weighted by molar-refractivity contribution is 0.121. The summed E-state index contributed by atoms with van der Waals surface area (Å²) in [5.74, 6) is -0.261. The Morgan fingerprint density at radius 3 is 1.07 bits per heavy atom. The van der Waals surface area contributed by atoms with Crippen molar-refractivity contribution in [2.75, 3.05) is 42.7 Å². The lowest BCUT2D eigenvalue weighted by Gasteiger charge is -2.33. The Labute approximate surface area is 210 Å². The number of nitrogens with two attached hydrogens (primary N) is 2. The van der Waals surface area contributed by atoms with Gasteiger partial charge in [-0.25, -0.2) is 0 Å². The molecule has 0 aliphatic heterocycles. The number of halogens is 2. The maximum Gasteiger partial charge on any atom is 0.500 e. The summed E-state index contributed by atoms with van der Waals surface area (Å²) in [6.45, 7) is 0. The number of rotatable bonds is 16. The molecule has 0 rings (SSSR count). The first-order valence-electron chi connectivity index (χ1n) is 8.67. The topological polar surface area (TPSA) is 155 Å². The van der Waals surface area contributed by atoms with Crippen LogP contribution in [0.4, 0.5) is 0 Å². The van der Waals surface area contributed by atoms with Gasteiger partial charge in [0.2, 0.25) is 0 Å². The molecule has 0 fully saturated rings. The van der Waals surface area contributed by atoms with Gasteiger partial charge in [0.25, 0.3) is 0 Å². The van der Waals surface area contributed by atoms with E-state index in [2.05, 4.69) is 0 Å². The third-order valence-electron chi connectivity index (χ3n) is 5.07. The van der Waals surface area contributed by atoms with Crippen LogP contribution in [-0.2, 0) is 26.6 Å². The van der Waals surface area contributed by atoms with Gasteiger partial charge in [-0.3, -0.25) is 10.8 Å². The highest BCUT2D eigenvalue weighted by Crippen LogP contribution is 2.34. The Morgan fingerprint density at radius 1 is 0.655 bits per heavy atom. The van der Waals surface area contributed by atoms with E-state index in [9.17, 15) is 0 Å². The molecule has 0 amide bonds. The monoisotopic (exact) mass is 680 g/mol. The van der Waals surface area contributed by atoms with Crippen molar-refractivity contribution in [3.8, 4) is 0 Å². The number of hydrogen-bond donors (Lipinski definition) is 4. The van der Waals surface area contributed by atoms with Gasteiger partial charge in [0.15, 0.2) is 0 Å². The van der Waals surface area contributed by atoms with Gasteiger partial charge < -0.3 is 38.0 Å². The first kappa shape index (κ1) is 34.2. The summed E-state index contributed by atoms with van der Waals surface area (Å²) in [6.07, 6.45) is 2.01. The van der Waals surface area contributed by atoms with Crippen LogP contribution in [0.3, 0.4) is 0 Å². The minimum atomic E-state index is -2.74. The van der Waals surface area contributed by atoms with Gasteiger partial charge in [-0.15, -0.1) is 48.0 Å². The molecule has 0 bridgehead atoms. The lowest BCUT2D eigenvalue weighted by Crippen LogP contribution is -2.49. The zero-order chi connectivity index (χ0) is 21.1. The van der Waals surface area contributed by atoms with Crippen LogP contribution in [0.5, 0.6) is 0 Å². The fraction of sp³-hybridized carbons (Fsp3) is 0.867. The zero-order valence-corrected chi connectivity index (χ0v) is 24.8. The Hall–Kier alpha value is 0.594. The van der Waals surface area contributed by atoms with Gasteiger partial charge in [-0.05, 0) is 25.7 Å². The predicted molar refractivity (Wildman–Crippen MR) is 139 cm³/mol. The predicted octanol–water partition coefficient (Wildman–Crippen LogP) is 2.40. The van der Waals surface area contributed by atoms with E-state index < -0.39 is 23.0 Å². The van der Waals surface area contributed by atoms with Gasteiger partial charge in [0.1, 0.15) is 11.7 Å². The molecule has 0 saturated carbocycles. The molecule has 0 atom stereocenters. The highest BCUT2D eigenvalue weighted by Gasteiger charge is 2.43. The fourth-order valence-corrected chi connectivity index (χ4v) is 6.58. The van der Waals surface area contributed by atoms with Gasteiger partial charge in [-0.2, -0.15) is 0 Å². The van der Waals surface area contributed by atoms with Crippen molar-refractivity contribution in [2.45, 2.75) is 37.8 Å². The Bertz CT molecular complexity index is 427. The van der Waals surface area contributed by atoms with Crippen molar-refractivity contribution >= 4 is 77.2 Å². The van der Waals surface area contributed by atoms with Gasteiger partial charge >= 0.3 is 17.6 Å². The SMILES string of the molecule is CO[Si](CCCC(CCC[Si](OC)(OC)OC)(C(=N)N)C(=N)N)(OC)OC.I.I. The molecule has 10 nitrogen and oxygen atoms in total. The van der Waals surface area contributed by atoms with Crippen LogP contribution in [0.2, 0.25) is 12.1 Å². The van der Waals surface area contributed by atoms with E-state index in [1.54, 1.807) is 42.7 Å². The summed E-state index contributed by atoms with van der Waals surface area (Å²) < 4.78 is 32.5. The third-order valence-corrected chi connectivity index (χ3v) is 10.7. The Morgan fingerprint density at radius 2 is 0.897 bits per heavy atom. The molecule has 0 radical (unpaired) electrons. The summed E-state index contributed by atoms with van der Waals surface area (Å²) in [7, 11) is 3.81. The minimum absolute atomic E-state index is 0. The van der Waals surface area contributed by atoms with Crippen molar-refractivity contribution in [1.29, 1.82) is 10.8 Å². The molecular weight excluding hydrogens is 642 g/mol. The third kappa shape index (κ3) is 9.31. The van der Waals surface area contributed by atoms with E-state index >= 15 is 0 Å². The molecule has 0 aromatic rings. The second kappa shape index (κ2) is 16.3. The van der Waals surface area contributed by atoms with E-state index in [0.717, 1.165) is 0 Å². The molecule has 14 heteroatoms. The van der Waals surface area contributed by atoms with E-state index in [1.807, 2.05) is 0 Å². The van der Waals surface area contributed by atoms with Crippen LogP contribution < -0.4 is 11.5 Å². The van der Waals surface area contributed by atoms with E-state index in [1.165, 1.54) is 0 Å². The van der Waals surface area contributed by atoms with Crippen molar-refractivity contribution in [3.05, 3.63) is 0 Å². The first-order chi connectivity index (χ1) is 12.7. The zero-order valence-electron chi connectivity index (χ0n) is 18.2. The molecule has 0 unspecified atom stereocenters. The maximum atomic E-state index is 8.06. The quantitative estimate of drug-likeness (QED) is 0.0839. The Balaban J connectivity index is -0.00000338. The molecule has 0 spiro atoms. The fourth-order valence-electron chi connectivity index (χ4n) is 3.13. The molecule has 0 aliphatic carbocycles. The van der Waals surface area contributed by atoms with E-state index in [-0.39, 0.29) is 59.6 Å². The molecule has 0 aliphatic rings. The molecule has 6 N–H and O–H groups in total. The van der Waals surface area contributed by atoms with Crippen molar-refractivity contribution in [1.82, 2.24) is 0 Å².